The quantitative estimate of drug-likeness (QED) is 0.502. The number of halogens is 1. The molecule has 1 unspecified atom stereocenters. The Kier molecular flexibility index (Phi) is 6.03. The fraction of sp³-hybridized carbons (Fsp3) is 0.167. The maximum Gasteiger partial charge on any atom is 0.212 e. The minimum absolute atomic E-state index is 0.229. The van der Waals surface area contributed by atoms with Crippen LogP contribution in [0.4, 0.5) is 4.39 Å². The molecule has 0 bridgehead atoms. The lowest BCUT2D eigenvalue weighted by atomic mass is 10.1. The standard InChI is InChI=1S/C18H19FNO2P/c1-3-10-22-23(21,11-4-2)14-18-9-8-16(13-20-18)15-6-5-7-17(19)12-15/h3-9,12-13H,1-2,10-11,14H2. The highest BCUT2D eigenvalue weighted by atomic mass is 31.2. The van der Waals surface area contributed by atoms with Gasteiger partial charge in [-0.15, -0.1) is 13.2 Å². The molecular weight excluding hydrogens is 312 g/mol. The van der Waals surface area contributed by atoms with Crippen molar-refractivity contribution in [3.05, 3.63) is 79.4 Å². The molecule has 0 fully saturated rings. The van der Waals surface area contributed by atoms with Crippen LogP contribution < -0.4 is 0 Å². The summed E-state index contributed by atoms with van der Waals surface area (Å²) < 4.78 is 31.4. The summed E-state index contributed by atoms with van der Waals surface area (Å²) >= 11 is 0. The molecule has 0 spiro atoms. The fourth-order valence-electron chi connectivity index (χ4n) is 2.15. The number of hydrogen-bond acceptors (Lipinski definition) is 3. The third-order valence-electron chi connectivity index (χ3n) is 3.22. The third-order valence-corrected chi connectivity index (χ3v) is 5.46. The van der Waals surface area contributed by atoms with Gasteiger partial charge in [0, 0.05) is 23.6 Å². The average Bonchev–Trinajstić information content (AvgIpc) is 2.54. The molecule has 1 aromatic carbocycles. The molecule has 0 N–H and O–H groups in total. The molecule has 2 aromatic rings. The van der Waals surface area contributed by atoms with Gasteiger partial charge in [-0.25, -0.2) is 4.39 Å². The smallest absolute Gasteiger partial charge is 0.212 e. The maximum atomic E-state index is 13.3. The Morgan fingerprint density at radius 1 is 1.17 bits per heavy atom. The number of benzene rings is 1. The first kappa shape index (κ1) is 17.3. The van der Waals surface area contributed by atoms with Gasteiger partial charge in [0.15, 0.2) is 0 Å². The monoisotopic (exact) mass is 331 g/mol. The predicted octanol–water partition coefficient (Wildman–Crippen LogP) is 5.05. The van der Waals surface area contributed by atoms with Gasteiger partial charge in [0.25, 0.3) is 0 Å². The second-order valence-corrected chi connectivity index (χ2v) is 7.65. The molecule has 0 amide bonds. The van der Waals surface area contributed by atoms with Gasteiger partial charge < -0.3 is 4.52 Å². The van der Waals surface area contributed by atoms with Crippen molar-refractivity contribution in [2.75, 3.05) is 12.8 Å². The highest BCUT2D eigenvalue weighted by Crippen LogP contribution is 2.49. The van der Waals surface area contributed by atoms with E-state index in [1.54, 1.807) is 30.5 Å². The lowest BCUT2D eigenvalue weighted by Crippen LogP contribution is -1.99. The van der Waals surface area contributed by atoms with E-state index < -0.39 is 7.37 Å². The summed E-state index contributed by atoms with van der Waals surface area (Å²) in [6.07, 6.45) is 5.32. The van der Waals surface area contributed by atoms with Crippen LogP contribution in [0.5, 0.6) is 0 Å². The maximum absolute atomic E-state index is 13.3. The van der Waals surface area contributed by atoms with Crippen molar-refractivity contribution in [3.8, 4) is 11.1 Å². The Labute approximate surface area is 136 Å². The number of hydrogen-bond donors (Lipinski definition) is 0. The number of aromatic nitrogens is 1. The Morgan fingerprint density at radius 3 is 2.61 bits per heavy atom. The number of pyridine rings is 1. The summed E-state index contributed by atoms with van der Waals surface area (Å²) in [5.41, 5.74) is 2.22. The van der Waals surface area contributed by atoms with Gasteiger partial charge in [0.2, 0.25) is 7.37 Å². The molecule has 120 valence electrons. The highest BCUT2D eigenvalue weighted by Gasteiger charge is 2.22. The summed E-state index contributed by atoms with van der Waals surface area (Å²) in [7, 11) is -2.86. The molecule has 0 radical (unpaired) electrons. The van der Waals surface area contributed by atoms with Gasteiger partial charge in [-0.3, -0.25) is 9.55 Å². The van der Waals surface area contributed by atoms with E-state index in [0.29, 0.717) is 5.69 Å². The zero-order valence-corrected chi connectivity index (χ0v) is 13.7. The van der Waals surface area contributed by atoms with Crippen LogP contribution in [0.2, 0.25) is 0 Å². The van der Waals surface area contributed by atoms with E-state index in [9.17, 15) is 8.96 Å². The molecule has 0 saturated carbocycles. The van der Waals surface area contributed by atoms with Crippen molar-refractivity contribution in [3.63, 3.8) is 0 Å². The van der Waals surface area contributed by atoms with Crippen LogP contribution in [0, 0.1) is 5.82 Å². The molecule has 2 rings (SSSR count). The van der Waals surface area contributed by atoms with Crippen molar-refractivity contribution in [2.24, 2.45) is 0 Å². The second kappa shape index (κ2) is 8.00. The molecule has 5 heteroatoms. The Balaban J connectivity index is 2.16. The van der Waals surface area contributed by atoms with E-state index in [1.807, 2.05) is 12.1 Å². The first-order valence-electron chi connectivity index (χ1n) is 7.21. The lowest BCUT2D eigenvalue weighted by molar-refractivity contribution is 0.353. The van der Waals surface area contributed by atoms with Crippen LogP contribution in [0.3, 0.4) is 0 Å². The lowest BCUT2D eigenvalue weighted by Gasteiger charge is -2.16. The molecule has 0 aliphatic rings. The molecule has 3 nitrogen and oxygen atoms in total. The van der Waals surface area contributed by atoms with E-state index in [0.717, 1.165) is 11.1 Å². The number of nitrogens with zero attached hydrogens (tertiary/aromatic N) is 1. The van der Waals surface area contributed by atoms with Gasteiger partial charge in [-0.05, 0) is 23.8 Å². The van der Waals surface area contributed by atoms with E-state index in [-0.39, 0.29) is 24.7 Å². The summed E-state index contributed by atoms with van der Waals surface area (Å²) in [5.74, 6) is -0.292. The van der Waals surface area contributed by atoms with E-state index in [1.165, 1.54) is 12.1 Å². The summed E-state index contributed by atoms with van der Waals surface area (Å²) in [6.45, 7) is 7.42. The first-order valence-corrected chi connectivity index (χ1v) is 9.21. The highest BCUT2D eigenvalue weighted by molar-refractivity contribution is 7.58. The Bertz CT molecular complexity index is 728. The largest absolute Gasteiger partial charge is 0.324 e. The first-order chi connectivity index (χ1) is 11.1. The summed E-state index contributed by atoms with van der Waals surface area (Å²) in [6, 6.07) is 9.94. The predicted molar refractivity (Wildman–Crippen MR) is 92.2 cm³/mol. The molecular formula is C18H19FNO2P. The van der Waals surface area contributed by atoms with E-state index in [2.05, 4.69) is 18.1 Å². The average molecular weight is 331 g/mol. The normalized spacial score (nSPS) is 13.3. The van der Waals surface area contributed by atoms with Crippen molar-refractivity contribution >= 4 is 7.37 Å². The van der Waals surface area contributed by atoms with Gasteiger partial charge in [0.1, 0.15) is 5.82 Å². The number of rotatable bonds is 8. The summed E-state index contributed by atoms with van der Waals surface area (Å²) in [4.78, 5) is 4.33. The van der Waals surface area contributed by atoms with Crippen molar-refractivity contribution in [2.45, 2.75) is 6.16 Å². The van der Waals surface area contributed by atoms with Crippen molar-refractivity contribution < 1.29 is 13.5 Å². The molecule has 23 heavy (non-hydrogen) atoms. The molecule has 1 heterocycles. The van der Waals surface area contributed by atoms with Crippen LogP contribution in [-0.2, 0) is 15.3 Å². The van der Waals surface area contributed by atoms with Crippen molar-refractivity contribution in [1.29, 1.82) is 0 Å². The van der Waals surface area contributed by atoms with Gasteiger partial charge in [-0.2, -0.15) is 0 Å². The van der Waals surface area contributed by atoms with Crippen LogP contribution >= 0.6 is 7.37 Å². The second-order valence-electron chi connectivity index (χ2n) is 5.08. The molecule has 0 saturated heterocycles. The summed E-state index contributed by atoms with van der Waals surface area (Å²) in [5, 5.41) is 0. The molecule has 1 aromatic heterocycles. The minimum Gasteiger partial charge on any atom is -0.324 e. The van der Waals surface area contributed by atoms with Gasteiger partial charge >= 0.3 is 0 Å². The Morgan fingerprint density at radius 2 is 2.00 bits per heavy atom. The zero-order chi connectivity index (χ0) is 16.7. The SMILES string of the molecule is C=CCOP(=O)(CC=C)Cc1ccc(-c2cccc(F)c2)cn1. The third kappa shape index (κ3) is 4.98. The topological polar surface area (TPSA) is 39.2 Å². The van der Waals surface area contributed by atoms with Gasteiger partial charge in [0.05, 0.1) is 12.8 Å². The van der Waals surface area contributed by atoms with E-state index >= 15 is 0 Å². The van der Waals surface area contributed by atoms with Crippen LogP contribution in [-0.4, -0.2) is 17.8 Å². The molecule has 0 aliphatic carbocycles. The van der Waals surface area contributed by atoms with E-state index in [4.69, 9.17) is 4.52 Å². The Hall–Kier alpha value is -2.03. The van der Waals surface area contributed by atoms with Crippen molar-refractivity contribution in [1.82, 2.24) is 4.98 Å². The molecule has 1 atom stereocenters. The fourth-order valence-corrected chi connectivity index (χ4v) is 3.93. The zero-order valence-electron chi connectivity index (χ0n) is 12.8. The van der Waals surface area contributed by atoms with Crippen LogP contribution in [0.15, 0.2) is 67.9 Å². The minimum atomic E-state index is -2.86. The van der Waals surface area contributed by atoms with Gasteiger partial charge in [-0.1, -0.05) is 30.4 Å². The number of allylic oxidation sites excluding steroid dienone is 1. The molecule has 0 aliphatic heterocycles. The van der Waals surface area contributed by atoms with Crippen LogP contribution in [0.25, 0.3) is 11.1 Å². The van der Waals surface area contributed by atoms with Crippen LogP contribution in [0.1, 0.15) is 5.69 Å².